The van der Waals surface area contributed by atoms with E-state index in [1.54, 1.807) is 7.11 Å². The lowest BCUT2D eigenvalue weighted by atomic mass is 10.1. The minimum atomic E-state index is -0.192. The zero-order chi connectivity index (χ0) is 15.1. The second-order valence-electron chi connectivity index (χ2n) is 4.84. The molecule has 0 atom stereocenters. The molecule has 0 aliphatic heterocycles. The molecule has 0 aliphatic rings. The monoisotopic (exact) mass is 284 g/mol. The van der Waals surface area contributed by atoms with E-state index < -0.39 is 0 Å². The zero-order valence-electron chi connectivity index (χ0n) is 12.3. The number of nitrogens with one attached hydrogen (secondary N) is 2. The van der Waals surface area contributed by atoms with Crippen LogP contribution in [-0.2, 0) is 13.1 Å². The van der Waals surface area contributed by atoms with E-state index in [0.717, 1.165) is 22.4 Å². The van der Waals surface area contributed by atoms with Gasteiger partial charge in [0.15, 0.2) is 0 Å². The molecule has 0 heterocycles. The van der Waals surface area contributed by atoms with Crippen LogP contribution in [0.25, 0.3) is 0 Å². The third kappa shape index (κ3) is 4.53. The van der Waals surface area contributed by atoms with E-state index in [1.807, 2.05) is 55.5 Å². The third-order valence-corrected chi connectivity index (χ3v) is 3.17. The van der Waals surface area contributed by atoms with Crippen molar-refractivity contribution in [1.29, 1.82) is 0 Å². The molecule has 0 saturated carbocycles. The number of methoxy groups -OCH3 is 1. The van der Waals surface area contributed by atoms with E-state index in [1.165, 1.54) is 0 Å². The number of rotatable bonds is 5. The molecule has 2 N–H and O–H groups in total. The molecule has 0 bridgehead atoms. The molecule has 0 radical (unpaired) electrons. The molecule has 4 heteroatoms. The first-order valence-electron chi connectivity index (χ1n) is 6.88. The Labute approximate surface area is 125 Å². The first kappa shape index (κ1) is 14.9. The van der Waals surface area contributed by atoms with Crippen LogP contribution in [0, 0.1) is 6.92 Å². The summed E-state index contributed by atoms with van der Waals surface area (Å²) in [4.78, 5) is 11.8. The van der Waals surface area contributed by atoms with Gasteiger partial charge in [0, 0.05) is 18.7 Å². The van der Waals surface area contributed by atoms with Crippen molar-refractivity contribution >= 4 is 6.03 Å². The Morgan fingerprint density at radius 2 is 1.76 bits per heavy atom. The van der Waals surface area contributed by atoms with Crippen LogP contribution >= 0.6 is 0 Å². The Kier molecular flexibility index (Phi) is 5.21. The number of hydrogen-bond acceptors (Lipinski definition) is 2. The standard InChI is InChI=1S/C17H20N2O2/c1-13-8-9-16(21-2)15(10-13)12-19-17(20)18-11-14-6-4-3-5-7-14/h3-10H,11-12H2,1-2H3,(H2,18,19,20). The van der Waals surface area contributed by atoms with Gasteiger partial charge in [-0.25, -0.2) is 4.79 Å². The summed E-state index contributed by atoms with van der Waals surface area (Å²) in [5, 5.41) is 5.67. The van der Waals surface area contributed by atoms with Crippen molar-refractivity contribution in [3.63, 3.8) is 0 Å². The van der Waals surface area contributed by atoms with E-state index in [9.17, 15) is 4.79 Å². The van der Waals surface area contributed by atoms with Crippen molar-refractivity contribution < 1.29 is 9.53 Å². The average Bonchev–Trinajstić information content (AvgIpc) is 2.52. The maximum atomic E-state index is 11.8. The SMILES string of the molecule is COc1ccc(C)cc1CNC(=O)NCc1ccccc1. The number of amides is 2. The number of benzene rings is 2. The van der Waals surface area contributed by atoms with E-state index in [4.69, 9.17) is 4.74 Å². The van der Waals surface area contributed by atoms with E-state index in [0.29, 0.717) is 13.1 Å². The van der Waals surface area contributed by atoms with Crippen LogP contribution in [0.4, 0.5) is 4.79 Å². The largest absolute Gasteiger partial charge is 0.496 e. The van der Waals surface area contributed by atoms with Gasteiger partial charge in [-0.05, 0) is 18.6 Å². The van der Waals surface area contributed by atoms with E-state index in [2.05, 4.69) is 10.6 Å². The predicted molar refractivity (Wildman–Crippen MR) is 83.2 cm³/mol. The highest BCUT2D eigenvalue weighted by atomic mass is 16.5. The van der Waals surface area contributed by atoms with Crippen LogP contribution in [0.3, 0.4) is 0 Å². The summed E-state index contributed by atoms with van der Waals surface area (Å²) in [5.74, 6) is 0.781. The highest BCUT2D eigenvalue weighted by Crippen LogP contribution is 2.19. The lowest BCUT2D eigenvalue weighted by Gasteiger charge is -2.11. The molecular formula is C17H20N2O2. The molecule has 2 rings (SSSR count). The number of carbonyl (C=O) groups excluding carboxylic acids is 1. The van der Waals surface area contributed by atoms with E-state index >= 15 is 0 Å². The summed E-state index contributed by atoms with van der Waals surface area (Å²) in [7, 11) is 1.63. The zero-order valence-corrected chi connectivity index (χ0v) is 12.3. The summed E-state index contributed by atoms with van der Waals surface area (Å²) in [6, 6.07) is 15.5. The molecule has 4 nitrogen and oxygen atoms in total. The van der Waals surface area contributed by atoms with Gasteiger partial charge < -0.3 is 15.4 Å². The average molecular weight is 284 g/mol. The number of carbonyl (C=O) groups is 1. The third-order valence-electron chi connectivity index (χ3n) is 3.17. The molecule has 0 saturated heterocycles. The Morgan fingerprint density at radius 1 is 1.05 bits per heavy atom. The van der Waals surface area contributed by atoms with Gasteiger partial charge in [0.25, 0.3) is 0 Å². The van der Waals surface area contributed by atoms with Crippen LogP contribution in [0.1, 0.15) is 16.7 Å². The van der Waals surface area contributed by atoms with Gasteiger partial charge in [-0.15, -0.1) is 0 Å². The van der Waals surface area contributed by atoms with E-state index in [-0.39, 0.29) is 6.03 Å². The van der Waals surface area contributed by atoms with Crippen molar-refractivity contribution in [2.75, 3.05) is 7.11 Å². The fourth-order valence-electron chi connectivity index (χ4n) is 2.06. The second kappa shape index (κ2) is 7.33. The van der Waals surface area contributed by atoms with Gasteiger partial charge in [-0.1, -0.05) is 48.0 Å². The van der Waals surface area contributed by atoms with Crippen molar-refractivity contribution in [2.24, 2.45) is 0 Å². The van der Waals surface area contributed by atoms with Crippen LogP contribution in [-0.4, -0.2) is 13.1 Å². The number of ether oxygens (including phenoxy) is 1. The minimum Gasteiger partial charge on any atom is -0.496 e. The van der Waals surface area contributed by atoms with Crippen LogP contribution in [0.2, 0.25) is 0 Å². The minimum absolute atomic E-state index is 0.192. The number of hydrogen-bond donors (Lipinski definition) is 2. The molecule has 0 fully saturated rings. The molecule has 2 aromatic rings. The van der Waals surface area contributed by atoms with Crippen molar-refractivity contribution in [1.82, 2.24) is 10.6 Å². The lowest BCUT2D eigenvalue weighted by Crippen LogP contribution is -2.34. The predicted octanol–water partition coefficient (Wildman–Crippen LogP) is 3.00. The lowest BCUT2D eigenvalue weighted by molar-refractivity contribution is 0.240. The summed E-state index contributed by atoms with van der Waals surface area (Å²) in [6.07, 6.45) is 0. The quantitative estimate of drug-likeness (QED) is 0.886. The van der Waals surface area contributed by atoms with Crippen molar-refractivity contribution in [2.45, 2.75) is 20.0 Å². The second-order valence-corrected chi connectivity index (χ2v) is 4.84. The number of aryl methyl sites for hydroxylation is 1. The summed E-state index contributed by atoms with van der Waals surface area (Å²) in [6.45, 7) is 2.96. The normalized spacial score (nSPS) is 10.0. The maximum absolute atomic E-state index is 11.8. The number of urea groups is 1. The first-order valence-corrected chi connectivity index (χ1v) is 6.88. The fraction of sp³-hybridized carbons (Fsp3) is 0.235. The molecule has 21 heavy (non-hydrogen) atoms. The van der Waals surface area contributed by atoms with Gasteiger partial charge >= 0.3 is 6.03 Å². The van der Waals surface area contributed by atoms with Crippen LogP contribution in [0.5, 0.6) is 5.75 Å². The van der Waals surface area contributed by atoms with Gasteiger partial charge in [0.1, 0.15) is 5.75 Å². The maximum Gasteiger partial charge on any atom is 0.315 e. The molecule has 0 aromatic heterocycles. The van der Waals surface area contributed by atoms with Gasteiger partial charge in [0.2, 0.25) is 0 Å². The molecule has 110 valence electrons. The smallest absolute Gasteiger partial charge is 0.315 e. The topological polar surface area (TPSA) is 50.4 Å². The molecule has 2 amide bonds. The van der Waals surface area contributed by atoms with Crippen molar-refractivity contribution in [3.05, 3.63) is 65.2 Å². The Morgan fingerprint density at radius 3 is 2.48 bits per heavy atom. The summed E-state index contributed by atoms with van der Waals surface area (Å²) in [5.41, 5.74) is 3.17. The molecule has 2 aromatic carbocycles. The highest BCUT2D eigenvalue weighted by molar-refractivity contribution is 5.73. The summed E-state index contributed by atoms with van der Waals surface area (Å²) < 4.78 is 5.29. The van der Waals surface area contributed by atoms with Crippen LogP contribution < -0.4 is 15.4 Å². The Hall–Kier alpha value is -2.49. The van der Waals surface area contributed by atoms with Gasteiger partial charge in [-0.2, -0.15) is 0 Å². The Bertz CT molecular complexity index is 597. The highest BCUT2D eigenvalue weighted by Gasteiger charge is 2.05. The van der Waals surface area contributed by atoms with Crippen molar-refractivity contribution in [3.8, 4) is 5.75 Å². The Balaban J connectivity index is 1.85. The van der Waals surface area contributed by atoms with Gasteiger partial charge in [0.05, 0.1) is 7.11 Å². The van der Waals surface area contributed by atoms with Crippen LogP contribution in [0.15, 0.2) is 48.5 Å². The molecule has 0 unspecified atom stereocenters. The molecule has 0 spiro atoms. The van der Waals surface area contributed by atoms with Gasteiger partial charge in [-0.3, -0.25) is 0 Å². The first-order chi connectivity index (χ1) is 10.2. The fourth-order valence-corrected chi connectivity index (χ4v) is 2.06. The summed E-state index contributed by atoms with van der Waals surface area (Å²) >= 11 is 0. The molecular weight excluding hydrogens is 264 g/mol. The molecule has 0 aliphatic carbocycles.